The van der Waals surface area contributed by atoms with Crippen LogP contribution in [-0.2, 0) is 25.6 Å². The molecule has 2 aromatic heterocycles. The van der Waals surface area contributed by atoms with Crippen LogP contribution in [0.4, 0.5) is 11.4 Å². The smallest absolute Gasteiger partial charge is 0.414 e. The minimum atomic E-state index is -1.82. The maximum Gasteiger partial charge on any atom is 0.414 e. The number of carbonyl (C=O) groups excluding carboxylic acids is 2. The molecule has 1 saturated heterocycles. The number of pyridine rings is 2. The summed E-state index contributed by atoms with van der Waals surface area (Å²) in [5.41, 5.74) is 2.22. The van der Waals surface area contributed by atoms with E-state index in [0.717, 1.165) is 29.1 Å². The van der Waals surface area contributed by atoms with Gasteiger partial charge in [-0.1, -0.05) is 6.07 Å². The van der Waals surface area contributed by atoms with Crippen LogP contribution in [0.1, 0.15) is 18.4 Å². The summed E-state index contributed by atoms with van der Waals surface area (Å²) >= 11 is 1.56. The molecule has 41 heavy (non-hydrogen) atoms. The van der Waals surface area contributed by atoms with Crippen molar-refractivity contribution < 1.29 is 39.2 Å². The van der Waals surface area contributed by atoms with Gasteiger partial charge in [0.15, 0.2) is 0 Å². The van der Waals surface area contributed by atoms with Crippen LogP contribution in [0, 0.1) is 0 Å². The lowest BCUT2D eigenvalue weighted by molar-refractivity contribution is -0.159. The van der Waals surface area contributed by atoms with Crippen molar-refractivity contribution in [3.8, 4) is 5.88 Å². The Kier molecular flexibility index (Phi) is 9.37. The Bertz CT molecular complexity index is 1460. The molecule has 0 spiro atoms. The summed E-state index contributed by atoms with van der Waals surface area (Å²) in [6, 6.07) is 11.4. The largest absolute Gasteiger partial charge is 0.481 e. The van der Waals surface area contributed by atoms with Crippen molar-refractivity contribution in [3.05, 3.63) is 48.2 Å². The molecule has 0 radical (unpaired) electrons. The van der Waals surface area contributed by atoms with Crippen LogP contribution in [0.5, 0.6) is 5.88 Å². The van der Waals surface area contributed by atoms with Crippen molar-refractivity contribution >= 4 is 57.9 Å². The van der Waals surface area contributed by atoms with Gasteiger partial charge in [0.25, 0.3) is 5.91 Å². The predicted molar refractivity (Wildman–Crippen MR) is 150 cm³/mol. The van der Waals surface area contributed by atoms with Crippen LogP contribution < -0.4 is 15.4 Å². The molecule has 2 aliphatic heterocycles. The third-order valence-electron chi connectivity index (χ3n) is 6.70. The van der Waals surface area contributed by atoms with E-state index in [0.29, 0.717) is 54.3 Å². The summed E-state index contributed by atoms with van der Waals surface area (Å²) in [5, 5.41) is 31.7. The number of rotatable bonds is 6. The number of aliphatic hydroxyl groups is 1. The van der Waals surface area contributed by atoms with Gasteiger partial charge >= 0.3 is 11.9 Å². The zero-order chi connectivity index (χ0) is 29.6. The first-order valence-electron chi connectivity index (χ1n) is 12.7. The molecule has 1 aromatic carbocycles. The summed E-state index contributed by atoms with van der Waals surface area (Å²) in [4.78, 5) is 54.9. The molecule has 13 nitrogen and oxygen atoms in total. The molecule has 14 heteroatoms. The summed E-state index contributed by atoms with van der Waals surface area (Å²) in [6.45, 7) is 2.05. The average Bonchev–Trinajstić information content (AvgIpc) is 2.96. The van der Waals surface area contributed by atoms with Gasteiger partial charge in [0.2, 0.25) is 11.8 Å². The number of ether oxygens (including phenoxy) is 1. The van der Waals surface area contributed by atoms with E-state index in [1.807, 2.05) is 6.07 Å². The van der Waals surface area contributed by atoms with E-state index in [1.165, 1.54) is 7.11 Å². The number of fused-ring (bicyclic) bond motifs is 2. The minimum absolute atomic E-state index is 0.0305. The van der Waals surface area contributed by atoms with Crippen LogP contribution in [0.25, 0.3) is 11.0 Å². The lowest BCUT2D eigenvalue weighted by Crippen LogP contribution is -2.51. The Labute approximate surface area is 238 Å². The van der Waals surface area contributed by atoms with E-state index < -0.39 is 23.4 Å². The molecule has 0 unspecified atom stereocenters. The molecule has 2 aliphatic rings. The standard InChI is InChI=1S/C25H27N5O4S.C2H2O4/c1-34-22-5-3-17-23(29-22)18(6-10-26-17)28-24(32)25(33)8-12-30(13-9-25)11-7-16-2-4-20-19(14-16)27-21(31)15-35-20;3-1(4)2(5)6/h2-6,10,14,33H,7-9,11-13,15H2,1H3,(H,27,31)(H,26,28,32);(H,3,4)(H,5,6). The third-order valence-corrected chi connectivity index (χ3v) is 7.77. The number of methoxy groups -OCH3 is 1. The summed E-state index contributed by atoms with van der Waals surface area (Å²) in [6.07, 6.45) is 3.11. The lowest BCUT2D eigenvalue weighted by atomic mass is 9.90. The van der Waals surface area contributed by atoms with Crippen molar-refractivity contribution in [2.24, 2.45) is 0 Å². The highest BCUT2D eigenvalue weighted by atomic mass is 32.2. The van der Waals surface area contributed by atoms with Crippen LogP contribution in [0.15, 0.2) is 47.5 Å². The Hall–Kier alpha value is -4.27. The van der Waals surface area contributed by atoms with Gasteiger partial charge in [-0.25, -0.2) is 14.6 Å². The van der Waals surface area contributed by atoms with Crippen LogP contribution in [0.3, 0.4) is 0 Å². The number of amides is 2. The van der Waals surface area contributed by atoms with Gasteiger partial charge < -0.3 is 35.6 Å². The Morgan fingerprint density at radius 1 is 1.12 bits per heavy atom. The number of nitrogens with one attached hydrogen (secondary N) is 2. The molecule has 0 atom stereocenters. The second kappa shape index (κ2) is 12.9. The van der Waals surface area contributed by atoms with Crippen molar-refractivity contribution in [3.63, 3.8) is 0 Å². The van der Waals surface area contributed by atoms with Crippen molar-refractivity contribution in [2.75, 3.05) is 43.1 Å². The Morgan fingerprint density at radius 3 is 2.54 bits per heavy atom. The van der Waals surface area contributed by atoms with Crippen LogP contribution >= 0.6 is 11.8 Å². The first-order chi connectivity index (χ1) is 19.6. The fourth-order valence-corrected chi connectivity index (χ4v) is 5.20. The molecule has 0 saturated carbocycles. The number of aromatic nitrogens is 2. The molecule has 4 heterocycles. The van der Waals surface area contributed by atoms with Gasteiger partial charge in [0.05, 0.1) is 29.8 Å². The van der Waals surface area contributed by atoms with E-state index in [1.54, 1.807) is 36.2 Å². The fraction of sp³-hybridized carbons (Fsp3) is 0.333. The number of benzene rings is 1. The molecule has 5 N–H and O–H groups in total. The maximum absolute atomic E-state index is 13.0. The zero-order valence-electron chi connectivity index (χ0n) is 22.1. The van der Waals surface area contributed by atoms with Crippen molar-refractivity contribution in [1.29, 1.82) is 0 Å². The number of nitrogens with zero attached hydrogens (tertiary/aromatic N) is 3. The number of carbonyl (C=O) groups is 4. The van der Waals surface area contributed by atoms with E-state index in [9.17, 15) is 14.7 Å². The highest BCUT2D eigenvalue weighted by molar-refractivity contribution is 8.00. The molecule has 0 aliphatic carbocycles. The molecule has 3 aromatic rings. The highest BCUT2D eigenvalue weighted by Crippen LogP contribution is 2.32. The minimum Gasteiger partial charge on any atom is -0.481 e. The SMILES string of the molecule is COc1ccc2nccc(NC(=O)C3(O)CCN(CCc4ccc5c(c4)NC(=O)CS5)CC3)c2n1.O=C(O)C(=O)O. The van der Waals surface area contributed by atoms with Gasteiger partial charge in [0, 0.05) is 36.8 Å². The van der Waals surface area contributed by atoms with Gasteiger partial charge in [-0.3, -0.25) is 14.6 Å². The molecule has 5 rings (SSSR count). The number of likely N-dealkylation sites (tertiary alicyclic amines) is 1. The summed E-state index contributed by atoms with van der Waals surface area (Å²) < 4.78 is 5.19. The molecule has 1 fully saturated rings. The number of hydrogen-bond acceptors (Lipinski definition) is 10. The lowest BCUT2D eigenvalue weighted by Gasteiger charge is -2.37. The number of anilines is 2. The second-order valence-electron chi connectivity index (χ2n) is 9.43. The van der Waals surface area contributed by atoms with Gasteiger partial charge in [0.1, 0.15) is 11.1 Å². The summed E-state index contributed by atoms with van der Waals surface area (Å²) in [7, 11) is 1.53. The summed E-state index contributed by atoms with van der Waals surface area (Å²) in [5.74, 6) is -3.17. The number of carboxylic acids is 2. The molecular weight excluding hydrogens is 554 g/mol. The maximum atomic E-state index is 13.0. The molecular formula is C27H29N5O8S. The molecule has 0 bridgehead atoms. The highest BCUT2D eigenvalue weighted by Gasteiger charge is 2.39. The van der Waals surface area contributed by atoms with E-state index in [2.05, 4.69) is 37.6 Å². The third kappa shape index (κ3) is 7.48. The number of carboxylic acid groups (broad SMARTS) is 2. The first-order valence-corrected chi connectivity index (χ1v) is 13.6. The van der Waals surface area contributed by atoms with E-state index in [4.69, 9.17) is 24.5 Å². The molecule has 216 valence electrons. The van der Waals surface area contributed by atoms with Gasteiger partial charge in [-0.15, -0.1) is 11.8 Å². The van der Waals surface area contributed by atoms with E-state index in [-0.39, 0.29) is 5.91 Å². The normalized spacial score (nSPS) is 16.0. The van der Waals surface area contributed by atoms with E-state index >= 15 is 0 Å². The van der Waals surface area contributed by atoms with Crippen LogP contribution in [0.2, 0.25) is 0 Å². The Morgan fingerprint density at radius 2 is 1.85 bits per heavy atom. The van der Waals surface area contributed by atoms with Gasteiger partial charge in [-0.05, 0) is 49.1 Å². The van der Waals surface area contributed by atoms with Crippen molar-refractivity contribution in [2.45, 2.75) is 29.8 Å². The average molecular weight is 584 g/mol. The first kappa shape index (κ1) is 29.7. The molecule has 2 amide bonds. The fourth-order valence-electron chi connectivity index (χ4n) is 4.41. The topological polar surface area (TPSA) is 191 Å². The van der Waals surface area contributed by atoms with Gasteiger partial charge in [-0.2, -0.15) is 0 Å². The van der Waals surface area contributed by atoms with Crippen molar-refractivity contribution in [1.82, 2.24) is 14.9 Å². The number of thioether (sulfide) groups is 1. The quantitative estimate of drug-likeness (QED) is 0.265. The number of aliphatic carboxylic acids is 2. The number of hydrogen-bond donors (Lipinski definition) is 5. The Balaban J connectivity index is 0.000000585. The van der Waals surface area contributed by atoms with Crippen LogP contribution in [-0.4, -0.2) is 92.0 Å². The number of piperidine rings is 1. The predicted octanol–water partition coefficient (Wildman–Crippen LogP) is 1.85. The zero-order valence-corrected chi connectivity index (χ0v) is 22.9. The second-order valence-corrected chi connectivity index (χ2v) is 10.5. The monoisotopic (exact) mass is 583 g/mol.